The average molecular weight is 296 g/mol. The van der Waals surface area contributed by atoms with E-state index in [1.807, 2.05) is 12.1 Å². The maximum Gasteiger partial charge on any atom is 0.251 e. The number of hydrogen-bond donors (Lipinski definition) is 3. The Bertz CT molecular complexity index is 529. The highest BCUT2D eigenvalue weighted by Gasteiger charge is 2.23. The molecule has 3 N–H and O–H groups in total. The first-order valence-corrected chi connectivity index (χ1v) is 6.67. The van der Waals surface area contributed by atoms with E-state index in [0.29, 0.717) is 11.6 Å². The highest BCUT2D eigenvalue weighted by Crippen LogP contribution is 2.22. The first kappa shape index (κ1) is 14.7. The van der Waals surface area contributed by atoms with Gasteiger partial charge in [0, 0.05) is 23.8 Å². The highest BCUT2D eigenvalue weighted by molar-refractivity contribution is 5.97. The van der Waals surface area contributed by atoms with Crippen LogP contribution in [0.5, 0.6) is 0 Å². The molecule has 1 saturated carbocycles. The molecule has 2 amide bonds. The Morgan fingerprint density at radius 1 is 1.30 bits per heavy atom. The summed E-state index contributed by atoms with van der Waals surface area (Å²) < 4.78 is 0. The molecular formula is C14H18ClN3O2. The SMILES string of the molecule is Cl.O=C(CNC(=O)c1ccc2c(c1)CCN2)NC1CC1. The van der Waals surface area contributed by atoms with Gasteiger partial charge in [-0.1, -0.05) is 0 Å². The van der Waals surface area contributed by atoms with E-state index in [1.165, 1.54) is 0 Å². The minimum absolute atomic E-state index is 0. The fourth-order valence-electron chi connectivity index (χ4n) is 2.22. The van der Waals surface area contributed by atoms with Gasteiger partial charge in [-0.15, -0.1) is 12.4 Å². The van der Waals surface area contributed by atoms with Gasteiger partial charge in [-0.25, -0.2) is 0 Å². The van der Waals surface area contributed by atoms with E-state index < -0.39 is 0 Å². The summed E-state index contributed by atoms with van der Waals surface area (Å²) in [6, 6.07) is 5.92. The van der Waals surface area contributed by atoms with Crippen LogP contribution >= 0.6 is 12.4 Å². The summed E-state index contributed by atoms with van der Waals surface area (Å²) in [4.78, 5) is 23.4. The third kappa shape index (κ3) is 3.42. The van der Waals surface area contributed by atoms with Crippen LogP contribution < -0.4 is 16.0 Å². The van der Waals surface area contributed by atoms with Crippen molar-refractivity contribution in [3.63, 3.8) is 0 Å². The van der Waals surface area contributed by atoms with Gasteiger partial charge in [0.05, 0.1) is 6.54 Å². The van der Waals surface area contributed by atoms with E-state index in [-0.39, 0.29) is 30.8 Å². The van der Waals surface area contributed by atoms with E-state index in [0.717, 1.165) is 37.1 Å². The van der Waals surface area contributed by atoms with Crippen LogP contribution in [0.2, 0.25) is 0 Å². The number of amides is 2. The monoisotopic (exact) mass is 295 g/mol. The van der Waals surface area contributed by atoms with Crippen LogP contribution in [0.25, 0.3) is 0 Å². The summed E-state index contributed by atoms with van der Waals surface area (Å²) in [7, 11) is 0. The molecule has 0 bridgehead atoms. The molecule has 20 heavy (non-hydrogen) atoms. The van der Waals surface area contributed by atoms with Gasteiger partial charge in [-0.3, -0.25) is 9.59 Å². The van der Waals surface area contributed by atoms with Crippen LogP contribution in [-0.2, 0) is 11.2 Å². The Morgan fingerprint density at radius 3 is 2.85 bits per heavy atom. The zero-order valence-electron chi connectivity index (χ0n) is 11.1. The summed E-state index contributed by atoms with van der Waals surface area (Å²) in [6.07, 6.45) is 3.05. The number of hydrogen-bond acceptors (Lipinski definition) is 3. The number of carbonyl (C=O) groups excluding carboxylic acids is 2. The van der Waals surface area contributed by atoms with Crippen LogP contribution in [0.1, 0.15) is 28.8 Å². The first-order chi connectivity index (χ1) is 9.22. The number of carbonyl (C=O) groups is 2. The lowest BCUT2D eigenvalue weighted by molar-refractivity contribution is -0.120. The Labute approximate surface area is 123 Å². The van der Waals surface area contributed by atoms with Gasteiger partial charge >= 0.3 is 0 Å². The normalized spacial score (nSPS) is 15.6. The molecule has 1 aromatic rings. The second-order valence-corrected chi connectivity index (χ2v) is 5.07. The number of anilines is 1. The minimum Gasteiger partial charge on any atom is -0.384 e. The molecule has 1 heterocycles. The Hall–Kier alpha value is -1.75. The second-order valence-electron chi connectivity index (χ2n) is 5.07. The van der Waals surface area contributed by atoms with Gasteiger partial charge < -0.3 is 16.0 Å². The van der Waals surface area contributed by atoms with Crippen LogP contribution in [0.15, 0.2) is 18.2 Å². The molecule has 0 spiro atoms. The molecule has 1 aromatic carbocycles. The topological polar surface area (TPSA) is 70.2 Å². The van der Waals surface area contributed by atoms with Crippen molar-refractivity contribution < 1.29 is 9.59 Å². The maximum absolute atomic E-state index is 11.9. The molecule has 0 saturated heterocycles. The van der Waals surface area contributed by atoms with Crippen molar-refractivity contribution in [2.75, 3.05) is 18.4 Å². The Kier molecular flexibility index (Phi) is 4.49. The molecule has 1 fully saturated rings. The largest absolute Gasteiger partial charge is 0.384 e. The molecule has 1 aliphatic heterocycles. The van der Waals surface area contributed by atoms with Crippen molar-refractivity contribution in [3.05, 3.63) is 29.3 Å². The minimum atomic E-state index is -0.194. The fourth-order valence-corrected chi connectivity index (χ4v) is 2.22. The molecule has 0 unspecified atom stereocenters. The van der Waals surface area contributed by atoms with E-state index in [2.05, 4.69) is 16.0 Å². The Balaban J connectivity index is 0.00000147. The van der Waals surface area contributed by atoms with E-state index >= 15 is 0 Å². The molecule has 0 radical (unpaired) electrons. The molecule has 108 valence electrons. The number of rotatable bonds is 4. The number of nitrogens with one attached hydrogen (secondary N) is 3. The van der Waals surface area contributed by atoms with Crippen molar-refractivity contribution in [1.29, 1.82) is 0 Å². The second kappa shape index (κ2) is 6.13. The lowest BCUT2D eigenvalue weighted by atomic mass is 10.1. The van der Waals surface area contributed by atoms with Crippen molar-refractivity contribution in [2.45, 2.75) is 25.3 Å². The van der Waals surface area contributed by atoms with Gasteiger partial charge in [-0.2, -0.15) is 0 Å². The van der Waals surface area contributed by atoms with Gasteiger partial charge in [-0.05, 0) is 43.0 Å². The quantitative estimate of drug-likeness (QED) is 0.779. The summed E-state index contributed by atoms with van der Waals surface area (Å²) in [6.45, 7) is 0.967. The number of halogens is 1. The van der Waals surface area contributed by atoms with Crippen molar-refractivity contribution in [1.82, 2.24) is 10.6 Å². The van der Waals surface area contributed by atoms with Crippen LogP contribution in [0.3, 0.4) is 0 Å². The molecule has 6 heteroatoms. The maximum atomic E-state index is 11.9. The first-order valence-electron chi connectivity index (χ1n) is 6.67. The lowest BCUT2D eigenvalue weighted by Gasteiger charge is -2.07. The van der Waals surface area contributed by atoms with E-state index in [1.54, 1.807) is 6.07 Å². The zero-order valence-corrected chi connectivity index (χ0v) is 11.9. The smallest absolute Gasteiger partial charge is 0.251 e. The summed E-state index contributed by atoms with van der Waals surface area (Å²) in [5.41, 5.74) is 2.87. The van der Waals surface area contributed by atoms with Gasteiger partial charge in [0.25, 0.3) is 5.91 Å². The standard InChI is InChI=1S/C14H17N3O2.ClH/c18-13(17-11-2-3-11)8-16-14(19)10-1-4-12-9(7-10)5-6-15-12;/h1,4,7,11,15H,2-3,5-6,8H2,(H,16,19)(H,17,18);1H. The van der Waals surface area contributed by atoms with Crippen molar-refractivity contribution >= 4 is 29.9 Å². The molecule has 2 aliphatic rings. The van der Waals surface area contributed by atoms with E-state index in [4.69, 9.17) is 0 Å². The molecular weight excluding hydrogens is 278 g/mol. The third-order valence-electron chi connectivity index (χ3n) is 3.43. The summed E-state index contributed by atoms with van der Waals surface area (Å²) in [5.74, 6) is -0.306. The molecule has 0 aromatic heterocycles. The molecule has 3 rings (SSSR count). The third-order valence-corrected chi connectivity index (χ3v) is 3.43. The number of fused-ring (bicyclic) bond motifs is 1. The Morgan fingerprint density at radius 2 is 2.10 bits per heavy atom. The molecule has 1 aliphatic carbocycles. The van der Waals surface area contributed by atoms with E-state index in [9.17, 15) is 9.59 Å². The predicted molar refractivity (Wildman–Crippen MR) is 79.4 cm³/mol. The lowest BCUT2D eigenvalue weighted by Crippen LogP contribution is -2.37. The summed E-state index contributed by atoms with van der Waals surface area (Å²) in [5, 5.41) is 8.74. The number of benzene rings is 1. The molecule has 5 nitrogen and oxygen atoms in total. The predicted octanol–water partition coefficient (Wildman–Crippen LogP) is 1.08. The van der Waals surface area contributed by atoms with Crippen molar-refractivity contribution in [2.24, 2.45) is 0 Å². The van der Waals surface area contributed by atoms with Crippen LogP contribution in [0, 0.1) is 0 Å². The van der Waals surface area contributed by atoms with Crippen molar-refractivity contribution in [3.8, 4) is 0 Å². The van der Waals surface area contributed by atoms with Gasteiger partial charge in [0.1, 0.15) is 0 Å². The van der Waals surface area contributed by atoms with Crippen LogP contribution in [0.4, 0.5) is 5.69 Å². The fraction of sp³-hybridized carbons (Fsp3) is 0.429. The molecule has 0 atom stereocenters. The zero-order chi connectivity index (χ0) is 13.2. The van der Waals surface area contributed by atoms with Gasteiger partial charge in [0.15, 0.2) is 0 Å². The highest BCUT2D eigenvalue weighted by atomic mass is 35.5. The average Bonchev–Trinajstić information content (AvgIpc) is 3.09. The summed E-state index contributed by atoms with van der Waals surface area (Å²) >= 11 is 0. The van der Waals surface area contributed by atoms with Crippen LogP contribution in [-0.4, -0.2) is 30.9 Å². The van der Waals surface area contributed by atoms with Gasteiger partial charge in [0.2, 0.25) is 5.91 Å².